The van der Waals surface area contributed by atoms with Gasteiger partial charge >= 0.3 is 5.97 Å². The SMILES string of the molecule is O=C(O)[CH]CS(=O)(=O)O. The van der Waals surface area contributed by atoms with Gasteiger partial charge in [-0.1, -0.05) is 0 Å². The van der Waals surface area contributed by atoms with Gasteiger partial charge in [-0.15, -0.1) is 0 Å². The van der Waals surface area contributed by atoms with Crippen molar-refractivity contribution in [2.75, 3.05) is 5.75 Å². The number of carbonyl (C=O) groups is 1. The van der Waals surface area contributed by atoms with Gasteiger partial charge in [-0.25, -0.2) is 0 Å². The van der Waals surface area contributed by atoms with Gasteiger partial charge in [0.25, 0.3) is 10.1 Å². The molecule has 0 bridgehead atoms. The maximum atomic E-state index is 9.80. The molecule has 0 atom stereocenters. The van der Waals surface area contributed by atoms with Crippen molar-refractivity contribution in [1.82, 2.24) is 0 Å². The number of aliphatic carboxylic acids is 1. The van der Waals surface area contributed by atoms with E-state index in [4.69, 9.17) is 9.66 Å². The van der Waals surface area contributed by atoms with Crippen molar-refractivity contribution in [3.8, 4) is 0 Å². The van der Waals surface area contributed by atoms with Gasteiger partial charge < -0.3 is 5.11 Å². The molecule has 2 N–H and O–H groups in total. The lowest BCUT2D eigenvalue weighted by atomic mass is 10.5. The van der Waals surface area contributed by atoms with E-state index in [-0.39, 0.29) is 0 Å². The van der Waals surface area contributed by atoms with Crippen LogP contribution in [0.15, 0.2) is 0 Å². The lowest BCUT2D eigenvalue weighted by molar-refractivity contribution is -0.132. The Balaban J connectivity index is 3.67. The third-order valence-corrected chi connectivity index (χ3v) is 1.06. The van der Waals surface area contributed by atoms with Gasteiger partial charge in [0, 0.05) is 0 Å². The highest BCUT2D eigenvalue weighted by Crippen LogP contribution is 1.85. The van der Waals surface area contributed by atoms with Crippen LogP contribution in [0.4, 0.5) is 0 Å². The number of carboxylic acid groups (broad SMARTS) is 1. The van der Waals surface area contributed by atoms with Gasteiger partial charge in [0.15, 0.2) is 0 Å². The minimum Gasteiger partial charge on any atom is -0.481 e. The zero-order chi connectivity index (χ0) is 7.49. The molecule has 0 aliphatic carbocycles. The second-order valence-corrected chi connectivity index (χ2v) is 2.79. The van der Waals surface area contributed by atoms with Gasteiger partial charge in [0.05, 0.1) is 12.2 Å². The van der Waals surface area contributed by atoms with Gasteiger partial charge in [-0.3, -0.25) is 9.35 Å². The molecule has 0 aromatic rings. The highest BCUT2D eigenvalue weighted by atomic mass is 32.2. The largest absolute Gasteiger partial charge is 0.481 e. The van der Waals surface area contributed by atoms with Crippen molar-refractivity contribution < 1.29 is 22.9 Å². The number of hydrogen-bond donors (Lipinski definition) is 2. The molecule has 0 amide bonds. The topological polar surface area (TPSA) is 91.7 Å². The molecule has 0 heterocycles. The molecule has 0 rings (SSSR count). The molecule has 0 saturated heterocycles. The molecule has 9 heavy (non-hydrogen) atoms. The average Bonchev–Trinajstić information content (AvgIpc) is 1.59. The smallest absolute Gasteiger partial charge is 0.308 e. The summed E-state index contributed by atoms with van der Waals surface area (Å²) in [6, 6.07) is 0. The molecule has 0 aliphatic heterocycles. The van der Waals surface area contributed by atoms with Crippen LogP contribution in [0.25, 0.3) is 0 Å². The van der Waals surface area contributed by atoms with E-state index in [1.54, 1.807) is 0 Å². The molecule has 5 nitrogen and oxygen atoms in total. The van der Waals surface area contributed by atoms with Crippen molar-refractivity contribution in [1.29, 1.82) is 0 Å². The third kappa shape index (κ3) is 7.38. The lowest BCUT2D eigenvalue weighted by Gasteiger charge is -1.88. The Hall–Kier alpha value is -0.620. The summed E-state index contributed by atoms with van der Waals surface area (Å²) in [4.78, 5) is 9.61. The minimum absolute atomic E-state index is 0.454. The van der Waals surface area contributed by atoms with Crippen LogP contribution < -0.4 is 0 Å². The Bertz CT molecular complexity index is 190. The van der Waals surface area contributed by atoms with Crippen LogP contribution >= 0.6 is 0 Å². The summed E-state index contributed by atoms with van der Waals surface area (Å²) in [6.07, 6.45) is 0.454. The molecular weight excluding hydrogens is 148 g/mol. The molecule has 6 heteroatoms. The second kappa shape index (κ2) is 2.79. The summed E-state index contributed by atoms with van der Waals surface area (Å²) in [5, 5.41) is 7.85. The molecule has 0 unspecified atom stereocenters. The van der Waals surface area contributed by atoms with Crippen molar-refractivity contribution in [2.24, 2.45) is 0 Å². The van der Waals surface area contributed by atoms with Crippen LogP contribution in [-0.4, -0.2) is 29.8 Å². The average molecular weight is 153 g/mol. The Morgan fingerprint density at radius 2 is 2.00 bits per heavy atom. The van der Waals surface area contributed by atoms with E-state index >= 15 is 0 Å². The normalized spacial score (nSPS) is 11.2. The number of hydrogen-bond acceptors (Lipinski definition) is 3. The second-order valence-electron chi connectivity index (χ2n) is 1.29. The first-order chi connectivity index (χ1) is 3.92. The minimum atomic E-state index is -4.16. The lowest BCUT2D eigenvalue weighted by Crippen LogP contribution is -2.09. The van der Waals surface area contributed by atoms with Gasteiger partial charge in [-0.05, 0) is 0 Å². The van der Waals surface area contributed by atoms with Crippen LogP contribution in [-0.2, 0) is 14.9 Å². The van der Waals surface area contributed by atoms with E-state index in [0.29, 0.717) is 6.42 Å². The first-order valence-electron chi connectivity index (χ1n) is 1.93. The van der Waals surface area contributed by atoms with Crippen LogP contribution in [0.1, 0.15) is 0 Å². The van der Waals surface area contributed by atoms with Crippen LogP contribution in [0.5, 0.6) is 0 Å². The summed E-state index contributed by atoms with van der Waals surface area (Å²) in [5.41, 5.74) is 0. The van der Waals surface area contributed by atoms with Crippen molar-refractivity contribution in [2.45, 2.75) is 0 Å². The van der Waals surface area contributed by atoms with Crippen molar-refractivity contribution in [3.63, 3.8) is 0 Å². The summed E-state index contributed by atoms with van der Waals surface area (Å²) in [7, 11) is -4.16. The predicted octanol–water partition coefficient (Wildman–Crippen LogP) is -0.837. The zero-order valence-corrected chi connectivity index (χ0v) is 5.13. The molecule has 0 fully saturated rings. The fourth-order valence-electron chi connectivity index (χ4n) is 0.177. The van der Waals surface area contributed by atoms with E-state index in [1.165, 1.54) is 0 Å². The fraction of sp³-hybridized carbons (Fsp3) is 0.333. The molecule has 53 valence electrons. The van der Waals surface area contributed by atoms with E-state index in [9.17, 15) is 13.2 Å². The van der Waals surface area contributed by atoms with Crippen LogP contribution in [0, 0.1) is 6.42 Å². The van der Waals surface area contributed by atoms with E-state index in [2.05, 4.69) is 0 Å². The Kier molecular flexibility index (Phi) is 2.60. The van der Waals surface area contributed by atoms with Gasteiger partial charge in [-0.2, -0.15) is 8.42 Å². The summed E-state index contributed by atoms with van der Waals surface area (Å²) in [6.45, 7) is 0. The van der Waals surface area contributed by atoms with Crippen molar-refractivity contribution >= 4 is 16.1 Å². The first-order valence-corrected chi connectivity index (χ1v) is 3.54. The molecular formula is C3H5O5S. The molecule has 0 aromatic heterocycles. The van der Waals surface area contributed by atoms with Gasteiger partial charge in [0.1, 0.15) is 0 Å². The highest BCUT2D eigenvalue weighted by molar-refractivity contribution is 7.85. The molecule has 0 aromatic carbocycles. The maximum absolute atomic E-state index is 9.80. The molecule has 1 radical (unpaired) electrons. The van der Waals surface area contributed by atoms with Crippen molar-refractivity contribution in [3.05, 3.63) is 6.42 Å². The Labute approximate surface area is 52.1 Å². The molecule has 0 aliphatic rings. The number of rotatable bonds is 3. The predicted molar refractivity (Wildman–Crippen MR) is 28.4 cm³/mol. The third-order valence-electron chi connectivity index (χ3n) is 0.469. The summed E-state index contributed by atoms with van der Waals surface area (Å²) >= 11 is 0. The molecule has 0 spiro atoms. The molecule has 0 saturated carbocycles. The number of carboxylic acids is 1. The van der Waals surface area contributed by atoms with Crippen LogP contribution in [0.3, 0.4) is 0 Å². The summed E-state index contributed by atoms with van der Waals surface area (Å²) in [5.74, 6) is -2.21. The monoisotopic (exact) mass is 153 g/mol. The summed E-state index contributed by atoms with van der Waals surface area (Å²) < 4.78 is 27.5. The standard InChI is InChI=1S/C3H5O5S/c4-3(5)1-2-9(6,7)8/h1H,2H2,(H,4,5)(H,6,7,8). The maximum Gasteiger partial charge on any atom is 0.308 e. The Morgan fingerprint density at radius 1 is 1.56 bits per heavy atom. The zero-order valence-electron chi connectivity index (χ0n) is 4.31. The van der Waals surface area contributed by atoms with Crippen LogP contribution in [0.2, 0.25) is 0 Å². The van der Waals surface area contributed by atoms with Gasteiger partial charge in [0.2, 0.25) is 0 Å². The first kappa shape index (κ1) is 8.38. The Morgan fingerprint density at radius 3 is 2.11 bits per heavy atom. The fourth-order valence-corrected chi connectivity index (χ4v) is 0.530. The van der Waals surface area contributed by atoms with E-state index in [0.717, 1.165) is 0 Å². The quantitative estimate of drug-likeness (QED) is 0.516. The highest BCUT2D eigenvalue weighted by Gasteiger charge is 2.07. The van der Waals surface area contributed by atoms with E-state index in [1.807, 2.05) is 0 Å². The van der Waals surface area contributed by atoms with E-state index < -0.39 is 21.8 Å².